The average Bonchev–Trinajstić information content (AvgIpc) is 3.17. The molecule has 0 atom stereocenters. The van der Waals surface area contributed by atoms with Gasteiger partial charge in [0, 0.05) is 29.8 Å². The molecule has 3 rings (SSSR count). The molecule has 0 fully saturated rings. The van der Waals surface area contributed by atoms with Crippen molar-refractivity contribution in [1.82, 2.24) is 9.55 Å². The van der Waals surface area contributed by atoms with E-state index in [1.165, 1.54) is 11.3 Å². The molecule has 3 heterocycles. The second-order valence-electron chi connectivity index (χ2n) is 5.89. The van der Waals surface area contributed by atoms with Gasteiger partial charge in [-0.15, -0.1) is 11.3 Å². The summed E-state index contributed by atoms with van der Waals surface area (Å²) in [7, 11) is 0. The van der Waals surface area contributed by atoms with Crippen LogP contribution in [0.5, 0.6) is 0 Å². The van der Waals surface area contributed by atoms with E-state index < -0.39 is 5.97 Å². The first-order valence-electron chi connectivity index (χ1n) is 7.76. The third kappa shape index (κ3) is 2.99. The number of thiophene rings is 1. The molecule has 0 saturated carbocycles. The van der Waals surface area contributed by atoms with Crippen molar-refractivity contribution in [2.24, 2.45) is 0 Å². The van der Waals surface area contributed by atoms with Crippen LogP contribution in [0.25, 0.3) is 21.5 Å². The third-order valence-electron chi connectivity index (χ3n) is 3.80. The highest BCUT2D eigenvalue weighted by Crippen LogP contribution is 2.32. The van der Waals surface area contributed by atoms with Crippen molar-refractivity contribution in [1.29, 1.82) is 0 Å². The highest BCUT2D eigenvalue weighted by molar-refractivity contribution is 7.17. The van der Waals surface area contributed by atoms with Crippen LogP contribution in [-0.2, 0) is 11.3 Å². The van der Waals surface area contributed by atoms with E-state index in [1.54, 1.807) is 16.9 Å². The van der Waals surface area contributed by atoms with Crippen molar-refractivity contribution in [2.75, 3.05) is 0 Å². The fourth-order valence-corrected chi connectivity index (χ4v) is 3.62. The predicted molar refractivity (Wildman–Crippen MR) is 92.5 cm³/mol. The standard InChI is InChI=1S/C17H18N2O4S/c1-10(2)15-18-16-14(11(9-24-16)12-5-4-8-23-12)17(22)19(15)7-3-6-13(20)21/h4-5,8-10H,3,6-7H2,1-2H3,(H,20,21). The first kappa shape index (κ1) is 16.4. The van der Waals surface area contributed by atoms with Crippen LogP contribution in [0.1, 0.15) is 38.4 Å². The number of fused-ring (bicyclic) bond motifs is 1. The summed E-state index contributed by atoms with van der Waals surface area (Å²) in [6.45, 7) is 4.29. The quantitative estimate of drug-likeness (QED) is 0.735. The molecule has 0 saturated heterocycles. The van der Waals surface area contributed by atoms with E-state index in [1.807, 2.05) is 25.3 Å². The largest absolute Gasteiger partial charge is 0.481 e. The Bertz CT molecular complexity index is 922. The lowest BCUT2D eigenvalue weighted by atomic mass is 10.1. The smallest absolute Gasteiger partial charge is 0.303 e. The molecule has 0 aliphatic rings. The summed E-state index contributed by atoms with van der Waals surface area (Å²) >= 11 is 1.42. The molecule has 0 amide bonds. The molecule has 0 aliphatic carbocycles. The van der Waals surface area contributed by atoms with Gasteiger partial charge in [-0.3, -0.25) is 14.2 Å². The van der Waals surface area contributed by atoms with Gasteiger partial charge in [-0.1, -0.05) is 13.8 Å². The number of hydrogen-bond donors (Lipinski definition) is 1. The fourth-order valence-electron chi connectivity index (χ4n) is 2.70. The Hall–Kier alpha value is -2.41. The summed E-state index contributed by atoms with van der Waals surface area (Å²) in [6.07, 6.45) is 1.99. The fraction of sp³-hybridized carbons (Fsp3) is 0.353. The molecule has 126 valence electrons. The van der Waals surface area contributed by atoms with Gasteiger partial charge in [-0.2, -0.15) is 0 Å². The highest BCUT2D eigenvalue weighted by atomic mass is 32.1. The van der Waals surface area contributed by atoms with Crippen LogP contribution in [0, 0.1) is 0 Å². The van der Waals surface area contributed by atoms with Crippen LogP contribution in [0.4, 0.5) is 0 Å². The van der Waals surface area contributed by atoms with E-state index in [9.17, 15) is 9.59 Å². The zero-order chi connectivity index (χ0) is 17.3. The Morgan fingerprint density at radius 2 is 2.25 bits per heavy atom. The average molecular weight is 346 g/mol. The van der Waals surface area contributed by atoms with Crippen LogP contribution in [0.3, 0.4) is 0 Å². The molecule has 0 bridgehead atoms. The second-order valence-corrected chi connectivity index (χ2v) is 6.74. The number of aliphatic carboxylic acids is 1. The monoisotopic (exact) mass is 346 g/mol. The SMILES string of the molecule is CC(C)c1nc2scc(-c3ccco3)c2c(=O)n1CCCC(=O)O. The number of carboxylic acid groups (broad SMARTS) is 1. The first-order chi connectivity index (χ1) is 11.5. The molecule has 0 aliphatic heterocycles. The van der Waals surface area contributed by atoms with Crippen molar-refractivity contribution >= 4 is 27.5 Å². The van der Waals surface area contributed by atoms with Crippen LogP contribution < -0.4 is 5.56 Å². The lowest BCUT2D eigenvalue weighted by molar-refractivity contribution is -0.137. The minimum absolute atomic E-state index is 0.0245. The van der Waals surface area contributed by atoms with Gasteiger partial charge in [0.25, 0.3) is 5.56 Å². The lowest BCUT2D eigenvalue weighted by Gasteiger charge is -2.14. The summed E-state index contributed by atoms with van der Waals surface area (Å²) in [5.41, 5.74) is 0.599. The number of carbonyl (C=O) groups is 1. The summed E-state index contributed by atoms with van der Waals surface area (Å²) < 4.78 is 7.03. The van der Waals surface area contributed by atoms with Crippen molar-refractivity contribution in [3.05, 3.63) is 40.0 Å². The van der Waals surface area contributed by atoms with E-state index >= 15 is 0 Å². The van der Waals surface area contributed by atoms with Gasteiger partial charge in [0.2, 0.25) is 0 Å². The number of hydrogen-bond acceptors (Lipinski definition) is 5. The molecule has 24 heavy (non-hydrogen) atoms. The summed E-state index contributed by atoms with van der Waals surface area (Å²) in [5.74, 6) is 0.524. The predicted octanol–water partition coefficient (Wildman–Crippen LogP) is 3.71. The maximum atomic E-state index is 13.0. The number of aromatic nitrogens is 2. The first-order valence-corrected chi connectivity index (χ1v) is 8.64. The molecule has 0 radical (unpaired) electrons. The minimum Gasteiger partial charge on any atom is -0.481 e. The van der Waals surface area contributed by atoms with Gasteiger partial charge >= 0.3 is 5.97 Å². The Balaban J connectivity index is 2.14. The summed E-state index contributed by atoms with van der Waals surface area (Å²) in [6, 6.07) is 3.59. The third-order valence-corrected chi connectivity index (χ3v) is 4.67. The number of rotatable bonds is 6. The summed E-state index contributed by atoms with van der Waals surface area (Å²) in [5, 5.41) is 11.2. The van der Waals surface area contributed by atoms with Crippen LogP contribution in [-0.4, -0.2) is 20.6 Å². The second kappa shape index (κ2) is 6.60. The summed E-state index contributed by atoms with van der Waals surface area (Å²) in [4.78, 5) is 29.1. The normalized spacial score (nSPS) is 11.5. The number of carboxylic acids is 1. The maximum Gasteiger partial charge on any atom is 0.303 e. The van der Waals surface area contributed by atoms with Crippen LogP contribution >= 0.6 is 11.3 Å². The Morgan fingerprint density at radius 1 is 1.46 bits per heavy atom. The van der Waals surface area contributed by atoms with E-state index in [0.29, 0.717) is 34.8 Å². The van der Waals surface area contributed by atoms with Crippen LogP contribution in [0.15, 0.2) is 33.0 Å². The molecule has 1 N–H and O–H groups in total. The Labute approximate surface area is 142 Å². The van der Waals surface area contributed by atoms with Crippen molar-refractivity contribution in [3.63, 3.8) is 0 Å². The molecule has 7 heteroatoms. The molecule has 3 aromatic rings. The van der Waals surface area contributed by atoms with Crippen molar-refractivity contribution < 1.29 is 14.3 Å². The van der Waals surface area contributed by atoms with E-state index in [4.69, 9.17) is 9.52 Å². The minimum atomic E-state index is -0.866. The zero-order valence-corrected chi connectivity index (χ0v) is 14.3. The molecule has 0 aromatic carbocycles. The highest BCUT2D eigenvalue weighted by Gasteiger charge is 2.19. The van der Waals surface area contributed by atoms with E-state index in [-0.39, 0.29) is 17.9 Å². The van der Waals surface area contributed by atoms with Gasteiger partial charge in [0.15, 0.2) is 0 Å². The topological polar surface area (TPSA) is 85.3 Å². The Morgan fingerprint density at radius 3 is 2.88 bits per heavy atom. The Kier molecular flexibility index (Phi) is 4.53. The van der Waals surface area contributed by atoms with Crippen LogP contribution in [0.2, 0.25) is 0 Å². The molecule has 3 aromatic heterocycles. The van der Waals surface area contributed by atoms with Gasteiger partial charge in [0.05, 0.1) is 11.6 Å². The van der Waals surface area contributed by atoms with Gasteiger partial charge in [-0.05, 0) is 18.6 Å². The van der Waals surface area contributed by atoms with Crippen molar-refractivity contribution in [3.8, 4) is 11.3 Å². The lowest BCUT2D eigenvalue weighted by Crippen LogP contribution is -2.26. The van der Waals surface area contributed by atoms with Gasteiger partial charge in [-0.25, -0.2) is 4.98 Å². The van der Waals surface area contributed by atoms with Gasteiger partial charge in [0.1, 0.15) is 16.4 Å². The zero-order valence-electron chi connectivity index (χ0n) is 13.5. The molecule has 0 spiro atoms. The number of nitrogens with zero attached hydrogens (tertiary/aromatic N) is 2. The van der Waals surface area contributed by atoms with Gasteiger partial charge < -0.3 is 9.52 Å². The molecular formula is C17H18N2O4S. The molecule has 6 nitrogen and oxygen atoms in total. The van der Waals surface area contributed by atoms with E-state index in [2.05, 4.69) is 4.98 Å². The maximum absolute atomic E-state index is 13.0. The number of furan rings is 1. The molecular weight excluding hydrogens is 328 g/mol. The molecule has 0 unspecified atom stereocenters. The van der Waals surface area contributed by atoms with Crippen molar-refractivity contribution in [2.45, 2.75) is 39.2 Å². The van der Waals surface area contributed by atoms with E-state index in [0.717, 1.165) is 5.56 Å².